The van der Waals surface area contributed by atoms with Crippen molar-refractivity contribution in [3.05, 3.63) is 47.2 Å². The number of pyridine rings is 1. The van der Waals surface area contributed by atoms with Crippen LogP contribution in [0.4, 0.5) is 8.78 Å². The molecule has 0 bridgehead atoms. The summed E-state index contributed by atoms with van der Waals surface area (Å²) in [6, 6.07) is 9.06. The SMILES string of the molecule is Cc1ccc(-c2cc(C(F)F)c3c(C4CC4)noc3n2)cc1. The van der Waals surface area contributed by atoms with Crippen molar-refractivity contribution in [1.82, 2.24) is 10.1 Å². The number of halogens is 2. The van der Waals surface area contributed by atoms with Crippen LogP contribution < -0.4 is 0 Å². The molecule has 0 spiro atoms. The predicted octanol–water partition coefficient (Wildman–Crippen LogP) is 5.01. The van der Waals surface area contributed by atoms with Gasteiger partial charge in [0, 0.05) is 17.0 Å². The average molecular weight is 300 g/mol. The molecular weight excluding hydrogens is 286 g/mol. The van der Waals surface area contributed by atoms with Crippen molar-refractivity contribution in [2.75, 3.05) is 0 Å². The molecule has 0 amide bonds. The van der Waals surface area contributed by atoms with Crippen LogP contribution in [0.15, 0.2) is 34.9 Å². The summed E-state index contributed by atoms with van der Waals surface area (Å²) in [5, 5.41) is 4.38. The Morgan fingerprint density at radius 1 is 1.18 bits per heavy atom. The maximum absolute atomic E-state index is 13.5. The zero-order valence-electron chi connectivity index (χ0n) is 12.0. The number of rotatable bonds is 3. The molecule has 1 fully saturated rings. The molecule has 1 aliphatic rings. The van der Waals surface area contributed by atoms with Gasteiger partial charge in [0.1, 0.15) is 0 Å². The normalized spacial score (nSPS) is 14.9. The Morgan fingerprint density at radius 3 is 2.55 bits per heavy atom. The van der Waals surface area contributed by atoms with E-state index in [4.69, 9.17) is 4.52 Å². The zero-order chi connectivity index (χ0) is 15.3. The fourth-order valence-corrected chi connectivity index (χ4v) is 2.68. The minimum atomic E-state index is -2.58. The lowest BCUT2D eigenvalue weighted by molar-refractivity contribution is 0.153. The highest BCUT2D eigenvalue weighted by atomic mass is 19.3. The van der Waals surface area contributed by atoms with Gasteiger partial charge in [-0.25, -0.2) is 13.8 Å². The highest BCUT2D eigenvalue weighted by Gasteiger charge is 2.32. The highest BCUT2D eigenvalue weighted by Crippen LogP contribution is 2.44. The largest absolute Gasteiger partial charge is 0.335 e. The molecule has 5 heteroatoms. The summed E-state index contributed by atoms with van der Waals surface area (Å²) < 4.78 is 32.2. The van der Waals surface area contributed by atoms with E-state index in [2.05, 4.69) is 10.1 Å². The van der Waals surface area contributed by atoms with E-state index in [-0.39, 0.29) is 17.2 Å². The van der Waals surface area contributed by atoms with Crippen molar-refractivity contribution < 1.29 is 13.3 Å². The van der Waals surface area contributed by atoms with Crippen molar-refractivity contribution >= 4 is 11.1 Å². The summed E-state index contributed by atoms with van der Waals surface area (Å²) >= 11 is 0. The van der Waals surface area contributed by atoms with Crippen LogP contribution in [0.1, 0.15) is 42.0 Å². The smallest absolute Gasteiger partial charge is 0.264 e. The molecule has 1 saturated carbocycles. The van der Waals surface area contributed by atoms with E-state index in [1.54, 1.807) is 0 Å². The lowest BCUT2D eigenvalue weighted by Gasteiger charge is -2.06. The van der Waals surface area contributed by atoms with Crippen LogP contribution in [0.5, 0.6) is 0 Å². The first-order valence-corrected chi connectivity index (χ1v) is 7.29. The number of alkyl halides is 2. The van der Waals surface area contributed by atoms with Gasteiger partial charge in [-0.15, -0.1) is 0 Å². The third-order valence-corrected chi connectivity index (χ3v) is 4.05. The fraction of sp³-hybridized carbons (Fsp3) is 0.294. The predicted molar refractivity (Wildman–Crippen MR) is 78.9 cm³/mol. The molecule has 1 aromatic carbocycles. The molecule has 0 atom stereocenters. The Morgan fingerprint density at radius 2 is 1.91 bits per heavy atom. The van der Waals surface area contributed by atoms with Crippen molar-refractivity contribution in [2.45, 2.75) is 32.1 Å². The third-order valence-electron chi connectivity index (χ3n) is 4.05. The monoisotopic (exact) mass is 300 g/mol. The van der Waals surface area contributed by atoms with Crippen LogP contribution in [-0.2, 0) is 0 Å². The molecule has 3 nitrogen and oxygen atoms in total. The Balaban J connectivity index is 1.92. The first-order chi connectivity index (χ1) is 10.6. The van der Waals surface area contributed by atoms with Gasteiger partial charge in [-0.05, 0) is 25.8 Å². The van der Waals surface area contributed by atoms with Gasteiger partial charge in [0.25, 0.3) is 12.1 Å². The van der Waals surface area contributed by atoms with Crippen molar-refractivity contribution in [2.24, 2.45) is 0 Å². The van der Waals surface area contributed by atoms with Gasteiger partial charge in [0.05, 0.1) is 16.8 Å². The topological polar surface area (TPSA) is 38.9 Å². The number of hydrogen-bond acceptors (Lipinski definition) is 3. The van der Waals surface area contributed by atoms with Gasteiger partial charge in [0.15, 0.2) is 0 Å². The first kappa shape index (κ1) is 13.4. The molecule has 4 rings (SSSR count). The minimum Gasteiger partial charge on any atom is -0.335 e. The van der Waals surface area contributed by atoms with Crippen LogP contribution in [0.3, 0.4) is 0 Å². The van der Waals surface area contributed by atoms with Gasteiger partial charge >= 0.3 is 0 Å². The van der Waals surface area contributed by atoms with Gasteiger partial charge < -0.3 is 4.52 Å². The van der Waals surface area contributed by atoms with Crippen molar-refractivity contribution in [3.63, 3.8) is 0 Å². The average Bonchev–Trinajstić information content (AvgIpc) is 3.26. The lowest BCUT2D eigenvalue weighted by Crippen LogP contribution is -1.93. The molecule has 3 aromatic rings. The maximum atomic E-state index is 13.5. The molecule has 0 N–H and O–H groups in total. The van der Waals surface area contributed by atoms with E-state index in [9.17, 15) is 8.78 Å². The summed E-state index contributed by atoms with van der Waals surface area (Å²) in [5.41, 5.74) is 3.18. The van der Waals surface area contributed by atoms with E-state index >= 15 is 0 Å². The lowest BCUT2D eigenvalue weighted by atomic mass is 10.0. The second-order valence-electron chi connectivity index (χ2n) is 5.79. The van der Waals surface area contributed by atoms with Gasteiger partial charge in [-0.3, -0.25) is 0 Å². The molecule has 0 radical (unpaired) electrons. The van der Waals surface area contributed by atoms with Crippen LogP contribution in [0, 0.1) is 6.92 Å². The minimum absolute atomic E-state index is 0.0382. The number of fused-ring (bicyclic) bond motifs is 1. The molecule has 2 heterocycles. The molecule has 22 heavy (non-hydrogen) atoms. The fourth-order valence-electron chi connectivity index (χ4n) is 2.68. The first-order valence-electron chi connectivity index (χ1n) is 7.29. The van der Waals surface area contributed by atoms with Crippen LogP contribution in [-0.4, -0.2) is 10.1 Å². The van der Waals surface area contributed by atoms with Crippen molar-refractivity contribution in [1.29, 1.82) is 0 Å². The van der Waals surface area contributed by atoms with Gasteiger partial charge in [-0.2, -0.15) is 0 Å². The molecule has 0 saturated heterocycles. The second-order valence-corrected chi connectivity index (χ2v) is 5.79. The molecule has 0 unspecified atom stereocenters. The Kier molecular flexibility index (Phi) is 2.96. The maximum Gasteiger partial charge on any atom is 0.264 e. The van der Waals surface area contributed by atoms with E-state index in [1.165, 1.54) is 6.07 Å². The standard InChI is InChI=1S/C17H14F2N2O/c1-9-2-4-10(5-3-9)13-8-12(16(18)19)14-15(11-6-7-11)21-22-17(14)20-13/h2-5,8,11,16H,6-7H2,1H3. The number of hydrogen-bond donors (Lipinski definition) is 0. The van der Waals surface area contributed by atoms with Crippen molar-refractivity contribution in [3.8, 4) is 11.3 Å². The van der Waals surface area contributed by atoms with Crippen LogP contribution >= 0.6 is 0 Å². The molecule has 0 aliphatic heterocycles. The highest BCUT2D eigenvalue weighted by molar-refractivity contribution is 5.84. The van der Waals surface area contributed by atoms with E-state index in [1.807, 2.05) is 31.2 Å². The molecule has 1 aliphatic carbocycles. The van der Waals surface area contributed by atoms with E-state index in [0.29, 0.717) is 16.8 Å². The Labute approximate surface area is 126 Å². The van der Waals surface area contributed by atoms with Crippen LogP contribution in [0.25, 0.3) is 22.4 Å². The second kappa shape index (κ2) is 4.87. The zero-order valence-corrected chi connectivity index (χ0v) is 12.0. The third kappa shape index (κ3) is 2.17. The van der Waals surface area contributed by atoms with Gasteiger partial charge in [0.2, 0.25) is 0 Å². The number of aromatic nitrogens is 2. The quantitative estimate of drug-likeness (QED) is 0.682. The number of nitrogens with zero attached hydrogens (tertiary/aromatic N) is 2. The number of benzene rings is 1. The molecule has 112 valence electrons. The van der Waals surface area contributed by atoms with Gasteiger partial charge in [-0.1, -0.05) is 35.0 Å². The summed E-state index contributed by atoms with van der Waals surface area (Å²) in [6.45, 7) is 1.98. The Hall–Kier alpha value is -2.30. The number of aryl methyl sites for hydroxylation is 1. The summed E-state index contributed by atoms with van der Waals surface area (Å²) in [4.78, 5) is 4.39. The van der Waals surface area contributed by atoms with Crippen LogP contribution in [0.2, 0.25) is 0 Å². The summed E-state index contributed by atoms with van der Waals surface area (Å²) in [5.74, 6) is 0.241. The molecular formula is C17H14F2N2O. The Bertz CT molecular complexity index is 836. The summed E-state index contributed by atoms with van der Waals surface area (Å²) in [7, 11) is 0. The van der Waals surface area contributed by atoms with E-state index in [0.717, 1.165) is 24.0 Å². The summed E-state index contributed by atoms with van der Waals surface area (Å²) in [6.07, 6.45) is -0.625. The van der Waals surface area contributed by atoms with E-state index < -0.39 is 6.43 Å². The molecule has 2 aromatic heterocycles.